The molecular weight excluding hydrogens is 260 g/mol. The van der Waals surface area contributed by atoms with Gasteiger partial charge < -0.3 is 10.1 Å². The first kappa shape index (κ1) is 14.9. The summed E-state index contributed by atoms with van der Waals surface area (Å²) in [7, 11) is 2.25. The molecule has 21 heavy (non-hydrogen) atoms. The van der Waals surface area contributed by atoms with Crippen LogP contribution in [0.15, 0.2) is 24.3 Å². The SMILES string of the molecule is CCCOc1ccc(C2C(CNC3CC3)CCN2C)cc1. The molecule has 2 aliphatic rings. The predicted molar refractivity (Wildman–Crippen MR) is 86.7 cm³/mol. The van der Waals surface area contributed by atoms with Crippen molar-refractivity contribution in [3.8, 4) is 5.75 Å². The number of benzene rings is 1. The highest BCUT2D eigenvalue weighted by atomic mass is 16.5. The normalized spacial score (nSPS) is 26.2. The van der Waals surface area contributed by atoms with Crippen LogP contribution in [-0.4, -0.2) is 37.7 Å². The minimum atomic E-state index is 0.552. The van der Waals surface area contributed by atoms with Crippen LogP contribution in [0.3, 0.4) is 0 Å². The Bertz CT molecular complexity index is 441. The summed E-state index contributed by atoms with van der Waals surface area (Å²) in [4.78, 5) is 2.50. The number of hydrogen-bond donors (Lipinski definition) is 1. The van der Waals surface area contributed by atoms with E-state index in [-0.39, 0.29) is 0 Å². The molecule has 3 heteroatoms. The van der Waals surface area contributed by atoms with E-state index in [1.165, 1.54) is 31.4 Å². The molecule has 1 N–H and O–H groups in total. The summed E-state index contributed by atoms with van der Waals surface area (Å²) in [5.41, 5.74) is 1.43. The monoisotopic (exact) mass is 288 g/mol. The molecule has 0 spiro atoms. The number of hydrogen-bond acceptors (Lipinski definition) is 3. The zero-order chi connectivity index (χ0) is 14.7. The Hall–Kier alpha value is -1.06. The topological polar surface area (TPSA) is 24.5 Å². The Morgan fingerprint density at radius 3 is 2.62 bits per heavy atom. The Kier molecular flexibility index (Phi) is 4.81. The summed E-state index contributed by atoms with van der Waals surface area (Å²) in [6.45, 7) is 5.31. The molecule has 0 aromatic heterocycles. The molecule has 0 bridgehead atoms. The average Bonchev–Trinajstić information content (AvgIpc) is 3.26. The van der Waals surface area contributed by atoms with Crippen molar-refractivity contribution in [2.45, 2.75) is 44.7 Å². The van der Waals surface area contributed by atoms with Gasteiger partial charge in [0.2, 0.25) is 0 Å². The molecule has 0 radical (unpaired) electrons. The van der Waals surface area contributed by atoms with Crippen LogP contribution >= 0.6 is 0 Å². The van der Waals surface area contributed by atoms with Gasteiger partial charge in [0.25, 0.3) is 0 Å². The molecule has 3 rings (SSSR count). The lowest BCUT2D eigenvalue weighted by Crippen LogP contribution is -2.29. The van der Waals surface area contributed by atoms with E-state index in [0.717, 1.165) is 37.3 Å². The lowest BCUT2D eigenvalue weighted by atomic mass is 9.93. The van der Waals surface area contributed by atoms with Crippen molar-refractivity contribution in [2.24, 2.45) is 5.92 Å². The van der Waals surface area contributed by atoms with Crippen LogP contribution in [0.25, 0.3) is 0 Å². The van der Waals surface area contributed by atoms with Crippen molar-refractivity contribution in [1.82, 2.24) is 10.2 Å². The Labute approximate surface area is 128 Å². The average molecular weight is 288 g/mol. The molecule has 0 amide bonds. The van der Waals surface area contributed by atoms with Crippen molar-refractivity contribution in [1.29, 1.82) is 0 Å². The van der Waals surface area contributed by atoms with Gasteiger partial charge in [-0.15, -0.1) is 0 Å². The lowest BCUT2D eigenvalue weighted by molar-refractivity contribution is 0.271. The summed E-state index contributed by atoms with van der Waals surface area (Å²) in [5.74, 6) is 1.73. The van der Waals surface area contributed by atoms with Crippen molar-refractivity contribution in [3.05, 3.63) is 29.8 Å². The van der Waals surface area contributed by atoms with Crippen LogP contribution < -0.4 is 10.1 Å². The van der Waals surface area contributed by atoms with Gasteiger partial charge in [0, 0.05) is 18.6 Å². The molecule has 1 aromatic carbocycles. The fourth-order valence-corrected chi connectivity index (χ4v) is 3.35. The summed E-state index contributed by atoms with van der Waals surface area (Å²) in [5, 5.41) is 3.71. The molecule has 1 aliphatic carbocycles. The maximum absolute atomic E-state index is 5.69. The zero-order valence-electron chi connectivity index (χ0n) is 13.3. The van der Waals surface area contributed by atoms with E-state index < -0.39 is 0 Å². The molecule has 1 saturated carbocycles. The summed E-state index contributed by atoms with van der Waals surface area (Å²) < 4.78 is 5.69. The molecule has 1 aliphatic heterocycles. The van der Waals surface area contributed by atoms with E-state index >= 15 is 0 Å². The molecule has 116 valence electrons. The van der Waals surface area contributed by atoms with Gasteiger partial charge >= 0.3 is 0 Å². The van der Waals surface area contributed by atoms with E-state index in [9.17, 15) is 0 Å². The van der Waals surface area contributed by atoms with E-state index in [0.29, 0.717) is 6.04 Å². The third-order valence-electron chi connectivity index (χ3n) is 4.71. The third kappa shape index (κ3) is 3.78. The van der Waals surface area contributed by atoms with Crippen LogP contribution in [0.4, 0.5) is 0 Å². The smallest absolute Gasteiger partial charge is 0.119 e. The highest BCUT2D eigenvalue weighted by Gasteiger charge is 2.34. The molecule has 1 heterocycles. The van der Waals surface area contributed by atoms with Crippen LogP contribution in [0.5, 0.6) is 5.75 Å². The van der Waals surface area contributed by atoms with Crippen molar-refractivity contribution >= 4 is 0 Å². The number of nitrogens with zero attached hydrogens (tertiary/aromatic N) is 1. The Morgan fingerprint density at radius 2 is 1.95 bits per heavy atom. The highest BCUT2D eigenvalue weighted by Crippen LogP contribution is 2.36. The molecular formula is C18H28N2O. The van der Waals surface area contributed by atoms with Gasteiger partial charge in [-0.25, -0.2) is 0 Å². The van der Waals surface area contributed by atoms with E-state index in [4.69, 9.17) is 4.74 Å². The highest BCUT2D eigenvalue weighted by molar-refractivity contribution is 5.30. The second kappa shape index (κ2) is 6.80. The minimum Gasteiger partial charge on any atom is -0.494 e. The molecule has 1 aromatic rings. The first-order valence-electron chi connectivity index (χ1n) is 8.44. The van der Waals surface area contributed by atoms with Gasteiger partial charge in [-0.1, -0.05) is 19.1 Å². The van der Waals surface area contributed by atoms with Gasteiger partial charge in [-0.05, 0) is 62.9 Å². The first-order valence-corrected chi connectivity index (χ1v) is 8.44. The predicted octanol–water partition coefficient (Wildman–Crippen LogP) is 3.22. The van der Waals surface area contributed by atoms with Crippen molar-refractivity contribution in [2.75, 3.05) is 26.7 Å². The summed E-state index contributed by atoms with van der Waals surface area (Å²) >= 11 is 0. The van der Waals surface area contributed by atoms with Gasteiger partial charge in [-0.2, -0.15) is 0 Å². The number of rotatable bonds is 7. The van der Waals surface area contributed by atoms with E-state index in [2.05, 4.69) is 48.5 Å². The van der Waals surface area contributed by atoms with E-state index in [1.54, 1.807) is 0 Å². The van der Waals surface area contributed by atoms with Crippen molar-refractivity contribution in [3.63, 3.8) is 0 Å². The van der Waals surface area contributed by atoms with Crippen LogP contribution in [0, 0.1) is 5.92 Å². The van der Waals surface area contributed by atoms with Crippen LogP contribution in [-0.2, 0) is 0 Å². The number of nitrogens with one attached hydrogen (secondary N) is 1. The number of likely N-dealkylation sites (tertiary alicyclic amines) is 1. The van der Waals surface area contributed by atoms with Gasteiger partial charge in [0.15, 0.2) is 0 Å². The van der Waals surface area contributed by atoms with E-state index in [1.807, 2.05) is 0 Å². The fourth-order valence-electron chi connectivity index (χ4n) is 3.35. The molecule has 3 nitrogen and oxygen atoms in total. The summed E-state index contributed by atoms with van der Waals surface area (Å²) in [6, 6.07) is 10.1. The minimum absolute atomic E-state index is 0.552. The second-order valence-electron chi connectivity index (χ2n) is 6.57. The lowest BCUT2D eigenvalue weighted by Gasteiger charge is -2.26. The molecule has 2 unspecified atom stereocenters. The fraction of sp³-hybridized carbons (Fsp3) is 0.667. The van der Waals surface area contributed by atoms with Crippen LogP contribution in [0.1, 0.15) is 44.2 Å². The van der Waals surface area contributed by atoms with Gasteiger partial charge in [-0.3, -0.25) is 4.90 Å². The standard InChI is InChI=1S/C18H28N2O/c1-3-12-21-17-8-4-14(5-9-17)18-15(10-11-20(18)2)13-19-16-6-7-16/h4-5,8-9,15-16,18-19H,3,6-7,10-13H2,1-2H3. The van der Waals surface area contributed by atoms with Crippen molar-refractivity contribution < 1.29 is 4.74 Å². The molecule has 2 fully saturated rings. The maximum atomic E-state index is 5.69. The largest absolute Gasteiger partial charge is 0.494 e. The second-order valence-corrected chi connectivity index (χ2v) is 6.57. The zero-order valence-corrected chi connectivity index (χ0v) is 13.3. The maximum Gasteiger partial charge on any atom is 0.119 e. The van der Waals surface area contributed by atoms with Gasteiger partial charge in [0.1, 0.15) is 5.75 Å². The third-order valence-corrected chi connectivity index (χ3v) is 4.71. The Balaban J connectivity index is 1.63. The molecule has 1 saturated heterocycles. The number of ether oxygens (including phenoxy) is 1. The summed E-state index contributed by atoms with van der Waals surface area (Å²) in [6.07, 6.45) is 5.10. The quantitative estimate of drug-likeness (QED) is 0.834. The van der Waals surface area contributed by atoms with Crippen LogP contribution in [0.2, 0.25) is 0 Å². The van der Waals surface area contributed by atoms with Gasteiger partial charge in [0.05, 0.1) is 6.61 Å². The molecule has 2 atom stereocenters. The first-order chi connectivity index (χ1) is 10.3. The Morgan fingerprint density at radius 1 is 1.19 bits per heavy atom.